The Hall–Kier alpha value is -2.66. The minimum absolute atomic E-state index is 0.00381. The number of hydrogen-bond acceptors (Lipinski definition) is 4. The topological polar surface area (TPSA) is 68.9 Å². The second kappa shape index (κ2) is 7.88. The highest BCUT2D eigenvalue weighted by Crippen LogP contribution is 2.43. The fourth-order valence-corrected chi connectivity index (χ4v) is 4.90. The molecular weight excluding hydrogens is 377 g/mol. The highest BCUT2D eigenvalue weighted by atomic mass is 19.1. The average Bonchev–Trinajstić information content (AvgIpc) is 3.63. The van der Waals surface area contributed by atoms with Crippen LogP contribution >= 0.6 is 0 Å². The smallest absolute Gasteiger partial charge is 0.184 e. The monoisotopic (exact) mass is 403 g/mol. The molecule has 2 saturated carbocycles. The Bertz CT molecular complexity index is 1100. The third kappa shape index (κ3) is 3.63. The van der Waals surface area contributed by atoms with Crippen LogP contribution in [0, 0.1) is 11.7 Å². The molecule has 2 N–H and O–H groups in total. The molecule has 0 spiro atoms. The van der Waals surface area contributed by atoms with E-state index in [-0.39, 0.29) is 17.5 Å². The number of hydrogen-bond donors (Lipinski definition) is 1. The summed E-state index contributed by atoms with van der Waals surface area (Å²) in [5.74, 6) is 0.754. The zero-order valence-electron chi connectivity index (χ0n) is 17.0. The van der Waals surface area contributed by atoms with Crippen LogP contribution in [0.5, 0.6) is 0 Å². The number of nitrogens with two attached hydrogens (primary N) is 1. The van der Waals surface area contributed by atoms with Crippen LogP contribution in [0.25, 0.3) is 10.9 Å². The minimum Gasteiger partial charge on any atom is -0.325 e. The van der Waals surface area contributed by atoms with Gasteiger partial charge in [-0.3, -0.25) is 9.78 Å². The molecule has 0 radical (unpaired) electrons. The number of Topliss-reactive ketones (excluding diaryl/α,β-unsaturated/α-hetero) is 1. The number of carbonyl (C=O) groups excluding carboxylic acids is 1. The number of aromatic nitrogens is 2. The van der Waals surface area contributed by atoms with Gasteiger partial charge in [0, 0.05) is 24.0 Å². The molecule has 154 valence electrons. The molecule has 0 unspecified atom stereocenters. The van der Waals surface area contributed by atoms with E-state index in [9.17, 15) is 9.18 Å². The standard InChI is InChI=1S/C25H26FN3O/c26-18-7-10-23-22(13-18)20(11-12-28-23)15-3-5-17(6-4-15)25(30)24-21(16-1-2-16)9-8-19(14-27)29-24/h7-13,15-17H,1-6,14,27H2. The second-order valence-corrected chi connectivity index (χ2v) is 8.69. The first-order valence-corrected chi connectivity index (χ1v) is 10.9. The van der Waals surface area contributed by atoms with E-state index in [1.165, 1.54) is 6.07 Å². The first-order chi connectivity index (χ1) is 14.6. The molecule has 2 aliphatic rings. The van der Waals surface area contributed by atoms with Crippen molar-refractivity contribution in [1.82, 2.24) is 9.97 Å². The number of halogens is 1. The fourth-order valence-electron chi connectivity index (χ4n) is 4.90. The maximum Gasteiger partial charge on any atom is 0.184 e. The Morgan fingerprint density at radius 3 is 2.43 bits per heavy atom. The Kier molecular flexibility index (Phi) is 5.07. The van der Waals surface area contributed by atoms with Gasteiger partial charge >= 0.3 is 0 Å². The minimum atomic E-state index is -0.237. The van der Waals surface area contributed by atoms with E-state index in [1.54, 1.807) is 18.3 Å². The summed E-state index contributed by atoms with van der Waals surface area (Å²) in [6, 6.07) is 10.8. The van der Waals surface area contributed by atoms with E-state index >= 15 is 0 Å². The van der Waals surface area contributed by atoms with Crippen molar-refractivity contribution in [3.05, 3.63) is 70.9 Å². The number of ketones is 1. The maximum atomic E-state index is 13.8. The van der Waals surface area contributed by atoms with Crippen LogP contribution < -0.4 is 5.73 Å². The van der Waals surface area contributed by atoms with Crippen LogP contribution in [-0.4, -0.2) is 15.8 Å². The normalized spacial score (nSPS) is 21.7. The van der Waals surface area contributed by atoms with Crippen molar-refractivity contribution in [2.24, 2.45) is 11.7 Å². The summed E-state index contributed by atoms with van der Waals surface area (Å²) in [4.78, 5) is 22.4. The first-order valence-electron chi connectivity index (χ1n) is 10.9. The van der Waals surface area contributed by atoms with Crippen molar-refractivity contribution in [2.45, 2.75) is 56.9 Å². The summed E-state index contributed by atoms with van der Waals surface area (Å²) in [5, 5.41) is 0.889. The summed E-state index contributed by atoms with van der Waals surface area (Å²) in [5.41, 5.74) is 10.3. The lowest BCUT2D eigenvalue weighted by molar-refractivity contribution is 0.0877. The molecule has 0 saturated heterocycles. The summed E-state index contributed by atoms with van der Waals surface area (Å²) >= 11 is 0. The van der Waals surface area contributed by atoms with Crippen molar-refractivity contribution in [1.29, 1.82) is 0 Å². The molecule has 5 heteroatoms. The average molecular weight is 404 g/mol. The van der Waals surface area contributed by atoms with Crippen molar-refractivity contribution in [3.63, 3.8) is 0 Å². The van der Waals surface area contributed by atoms with Gasteiger partial charge in [-0.2, -0.15) is 0 Å². The lowest BCUT2D eigenvalue weighted by Gasteiger charge is -2.29. The largest absolute Gasteiger partial charge is 0.325 e. The zero-order chi connectivity index (χ0) is 20.7. The number of carbonyl (C=O) groups is 1. The van der Waals surface area contributed by atoms with Crippen LogP contribution in [0.1, 0.15) is 77.7 Å². The molecular formula is C25H26FN3O. The summed E-state index contributed by atoms with van der Waals surface area (Å²) in [6.07, 6.45) is 7.59. The molecule has 3 aromatic rings. The van der Waals surface area contributed by atoms with Crippen LogP contribution in [0.3, 0.4) is 0 Å². The Morgan fingerprint density at radius 2 is 1.70 bits per heavy atom. The van der Waals surface area contributed by atoms with Gasteiger partial charge in [-0.05, 0) is 91.8 Å². The number of benzene rings is 1. The van der Waals surface area contributed by atoms with E-state index in [2.05, 4.69) is 16.0 Å². The van der Waals surface area contributed by atoms with Crippen molar-refractivity contribution in [2.75, 3.05) is 0 Å². The van der Waals surface area contributed by atoms with Gasteiger partial charge < -0.3 is 5.73 Å². The quantitative estimate of drug-likeness (QED) is 0.590. The summed E-state index contributed by atoms with van der Waals surface area (Å²) < 4.78 is 13.8. The molecule has 1 aromatic carbocycles. The predicted molar refractivity (Wildman–Crippen MR) is 115 cm³/mol. The molecule has 2 fully saturated rings. The van der Waals surface area contributed by atoms with Gasteiger partial charge in [0.25, 0.3) is 0 Å². The Balaban J connectivity index is 1.36. The lowest BCUT2D eigenvalue weighted by atomic mass is 9.75. The molecule has 0 aliphatic heterocycles. The molecule has 2 aromatic heterocycles. The molecule has 5 rings (SSSR count). The van der Waals surface area contributed by atoms with Crippen LogP contribution in [0.15, 0.2) is 42.6 Å². The third-order valence-corrected chi connectivity index (χ3v) is 6.72. The second-order valence-electron chi connectivity index (χ2n) is 8.69. The maximum absolute atomic E-state index is 13.8. The van der Waals surface area contributed by atoms with Gasteiger partial charge in [0.15, 0.2) is 5.78 Å². The van der Waals surface area contributed by atoms with Crippen LogP contribution in [-0.2, 0) is 6.54 Å². The van der Waals surface area contributed by atoms with E-state index in [0.29, 0.717) is 24.1 Å². The van der Waals surface area contributed by atoms with Crippen molar-refractivity contribution < 1.29 is 9.18 Å². The van der Waals surface area contributed by atoms with Gasteiger partial charge in [-0.15, -0.1) is 0 Å². The predicted octanol–water partition coefficient (Wildman–Crippen LogP) is 5.26. The van der Waals surface area contributed by atoms with Gasteiger partial charge in [0.05, 0.1) is 11.2 Å². The summed E-state index contributed by atoms with van der Waals surface area (Å²) in [7, 11) is 0. The van der Waals surface area contributed by atoms with Gasteiger partial charge in [-0.1, -0.05) is 6.07 Å². The first kappa shape index (κ1) is 19.3. The van der Waals surface area contributed by atoms with Gasteiger partial charge in [0.2, 0.25) is 0 Å². The zero-order valence-corrected chi connectivity index (χ0v) is 17.0. The molecule has 4 nitrogen and oxygen atoms in total. The number of nitrogens with zero attached hydrogens (tertiary/aromatic N) is 2. The molecule has 0 bridgehead atoms. The number of pyridine rings is 2. The summed E-state index contributed by atoms with van der Waals surface area (Å²) in [6.45, 7) is 0.351. The lowest BCUT2D eigenvalue weighted by Crippen LogP contribution is -2.24. The molecule has 0 amide bonds. The van der Waals surface area contributed by atoms with Gasteiger partial charge in [0.1, 0.15) is 11.5 Å². The van der Waals surface area contributed by atoms with Gasteiger partial charge in [-0.25, -0.2) is 9.37 Å². The van der Waals surface area contributed by atoms with Crippen LogP contribution in [0.4, 0.5) is 4.39 Å². The molecule has 2 heterocycles. The molecule has 30 heavy (non-hydrogen) atoms. The molecule has 2 aliphatic carbocycles. The third-order valence-electron chi connectivity index (χ3n) is 6.72. The van der Waals surface area contributed by atoms with Crippen molar-refractivity contribution >= 4 is 16.7 Å². The SMILES string of the molecule is NCc1ccc(C2CC2)c(C(=O)C2CCC(c3ccnc4ccc(F)cc34)CC2)n1. The number of rotatable bonds is 5. The van der Waals surface area contributed by atoms with Crippen molar-refractivity contribution in [3.8, 4) is 0 Å². The van der Waals surface area contributed by atoms with E-state index in [4.69, 9.17) is 5.73 Å². The highest BCUT2D eigenvalue weighted by Gasteiger charge is 2.34. The Morgan fingerprint density at radius 1 is 0.967 bits per heavy atom. The molecule has 0 atom stereocenters. The van der Waals surface area contributed by atoms with E-state index in [0.717, 1.165) is 66.2 Å². The van der Waals surface area contributed by atoms with E-state index < -0.39 is 0 Å². The fraction of sp³-hybridized carbons (Fsp3) is 0.400. The number of fused-ring (bicyclic) bond motifs is 1. The highest BCUT2D eigenvalue weighted by molar-refractivity contribution is 5.97. The Labute approximate surface area is 175 Å². The van der Waals surface area contributed by atoms with Crippen LogP contribution in [0.2, 0.25) is 0 Å². The van der Waals surface area contributed by atoms with E-state index in [1.807, 2.05) is 12.1 Å².